The normalized spacial score (nSPS) is 24.7. The SMILES string of the molecule is Fc1ccc(F)c([C@H]2C[C@@H](F)CN2c2ccn3nc(Cl)c(NC(=S)N[C@H]4C[C@H]4F)c3n2)c1. The molecule has 0 unspecified atom stereocenters. The average Bonchev–Trinajstić information content (AvgIpc) is 3.15. The Labute approximate surface area is 190 Å². The van der Waals surface area contributed by atoms with Crippen LogP contribution in [0.1, 0.15) is 24.4 Å². The monoisotopic (exact) mass is 484 g/mol. The minimum Gasteiger partial charge on any atom is -0.357 e. The van der Waals surface area contributed by atoms with Crippen molar-refractivity contribution in [3.05, 3.63) is 52.8 Å². The first-order chi connectivity index (χ1) is 15.3. The molecular weight excluding hydrogens is 468 g/mol. The van der Waals surface area contributed by atoms with E-state index in [1.165, 1.54) is 4.52 Å². The Hall–Kier alpha value is -2.66. The van der Waals surface area contributed by atoms with Crippen LogP contribution in [-0.2, 0) is 0 Å². The summed E-state index contributed by atoms with van der Waals surface area (Å²) in [6.07, 6.45) is -0.227. The van der Waals surface area contributed by atoms with Crippen LogP contribution in [0, 0.1) is 11.6 Å². The Kier molecular flexibility index (Phi) is 5.32. The summed E-state index contributed by atoms with van der Waals surface area (Å²) in [5, 5.41) is 10.1. The van der Waals surface area contributed by atoms with Crippen LogP contribution in [0.3, 0.4) is 0 Å². The highest BCUT2D eigenvalue weighted by Crippen LogP contribution is 2.38. The minimum atomic E-state index is -1.24. The predicted octanol–water partition coefficient (Wildman–Crippen LogP) is 4.35. The van der Waals surface area contributed by atoms with Crippen LogP contribution < -0.4 is 15.5 Å². The fraction of sp³-hybridized carbons (Fsp3) is 0.350. The lowest BCUT2D eigenvalue weighted by atomic mass is 10.0. The van der Waals surface area contributed by atoms with Crippen molar-refractivity contribution in [1.29, 1.82) is 0 Å². The predicted molar refractivity (Wildman–Crippen MR) is 117 cm³/mol. The molecule has 2 fully saturated rings. The molecule has 4 atom stereocenters. The zero-order valence-corrected chi connectivity index (χ0v) is 18.0. The van der Waals surface area contributed by atoms with Crippen LogP contribution in [0.25, 0.3) is 5.65 Å². The van der Waals surface area contributed by atoms with E-state index >= 15 is 0 Å². The van der Waals surface area contributed by atoms with Gasteiger partial charge in [0.05, 0.1) is 18.6 Å². The Morgan fingerprint density at radius 3 is 2.72 bits per heavy atom. The maximum atomic E-state index is 14.4. The van der Waals surface area contributed by atoms with Crippen LogP contribution >= 0.6 is 23.8 Å². The quantitative estimate of drug-likeness (QED) is 0.424. The molecule has 0 radical (unpaired) electrons. The second kappa shape index (κ2) is 8.04. The standard InChI is InChI=1S/C20H17ClF4N6S/c21-18-17(28-20(32)26-14-7-13(14)25)19-27-16(3-4-31(19)29-18)30-8-10(23)6-15(30)11-5-9(22)1-2-12(11)24/h1-5,10,13-15H,6-8H2,(H2,26,28,32)/t10-,13-,14+,15-/m1/s1. The van der Waals surface area contributed by atoms with Gasteiger partial charge in [0.15, 0.2) is 15.9 Å². The van der Waals surface area contributed by atoms with Crippen molar-refractivity contribution in [2.24, 2.45) is 0 Å². The van der Waals surface area contributed by atoms with Gasteiger partial charge in [-0.1, -0.05) is 11.6 Å². The van der Waals surface area contributed by atoms with Crippen LogP contribution in [0.4, 0.5) is 29.1 Å². The number of thiocarbonyl (C=S) groups is 1. The molecule has 168 valence electrons. The highest BCUT2D eigenvalue weighted by molar-refractivity contribution is 7.80. The number of aromatic nitrogens is 3. The van der Waals surface area contributed by atoms with Crippen molar-refractivity contribution in [2.45, 2.75) is 37.3 Å². The Morgan fingerprint density at radius 2 is 1.97 bits per heavy atom. The number of nitrogens with zero attached hydrogens (tertiary/aromatic N) is 4. The Balaban J connectivity index is 1.48. The third-order valence-corrected chi connectivity index (χ3v) is 6.04. The second-order valence-electron chi connectivity index (χ2n) is 7.84. The van der Waals surface area contributed by atoms with Crippen molar-refractivity contribution < 1.29 is 17.6 Å². The highest BCUT2D eigenvalue weighted by Gasteiger charge is 2.38. The molecule has 5 rings (SSSR count). The van der Waals surface area contributed by atoms with Crippen molar-refractivity contribution in [3.8, 4) is 0 Å². The number of hydrogen-bond acceptors (Lipinski definition) is 4. The first-order valence-corrected chi connectivity index (χ1v) is 10.7. The molecule has 1 saturated carbocycles. The van der Waals surface area contributed by atoms with Crippen LogP contribution in [0.2, 0.25) is 5.15 Å². The fourth-order valence-electron chi connectivity index (χ4n) is 3.89. The van der Waals surface area contributed by atoms with Crippen LogP contribution in [0.15, 0.2) is 30.5 Å². The van der Waals surface area contributed by atoms with Crippen molar-refractivity contribution in [1.82, 2.24) is 19.9 Å². The van der Waals surface area contributed by atoms with Gasteiger partial charge in [0, 0.05) is 24.6 Å². The molecule has 6 nitrogen and oxygen atoms in total. The van der Waals surface area contributed by atoms with E-state index in [2.05, 4.69) is 20.7 Å². The van der Waals surface area contributed by atoms with E-state index in [-0.39, 0.29) is 34.8 Å². The molecule has 0 spiro atoms. The molecule has 1 aliphatic carbocycles. The molecule has 3 heterocycles. The van der Waals surface area contributed by atoms with Crippen molar-refractivity contribution >= 4 is 46.1 Å². The lowest BCUT2D eigenvalue weighted by Crippen LogP contribution is -2.31. The molecule has 1 aromatic carbocycles. The zero-order chi connectivity index (χ0) is 22.6. The number of hydrogen-bond donors (Lipinski definition) is 2. The molecule has 2 N–H and O–H groups in total. The Bertz CT molecular complexity index is 1210. The topological polar surface area (TPSA) is 57.5 Å². The molecule has 1 aliphatic heterocycles. The lowest BCUT2D eigenvalue weighted by molar-refractivity contribution is 0.355. The summed E-state index contributed by atoms with van der Waals surface area (Å²) in [5.41, 5.74) is 0.656. The van der Waals surface area contributed by atoms with E-state index in [1.54, 1.807) is 17.2 Å². The van der Waals surface area contributed by atoms with E-state index in [1.807, 2.05) is 0 Å². The van der Waals surface area contributed by atoms with E-state index in [9.17, 15) is 17.6 Å². The first-order valence-electron chi connectivity index (χ1n) is 9.92. The van der Waals surface area contributed by atoms with Gasteiger partial charge in [-0.2, -0.15) is 5.10 Å². The second-order valence-corrected chi connectivity index (χ2v) is 8.61. The van der Waals surface area contributed by atoms with Gasteiger partial charge in [0.1, 0.15) is 35.5 Å². The molecule has 12 heteroatoms. The number of benzene rings is 1. The van der Waals surface area contributed by atoms with Crippen LogP contribution in [-0.4, -0.2) is 44.6 Å². The van der Waals surface area contributed by atoms with E-state index in [0.29, 0.717) is 23.6 Å². The van der Waals surface area contributed by atoms with Crippen molar-refractivity contribution in [3.63, 3.8) is 0 Å². The number of alkyl halides is 2. The third kappa shape index (κ3) is 3.95. The zero-order valence-electron chi connectivity index (χ0n) is 16.4. The van der Waals surface area contributed by atoms with Gasteiger partial charge >= 0.3 is 0 Å². The van der Waals surface area contributed by atoms with Gasteiger partial charge in [-0.25, -0.2) is 27.1 Å². The van der Waals surface area contributed by atoms with E-state index < -0.39 is 30.0 Å². The van der Waals surface area contributed by atoms with Gasteiger partial charge in [-0.15, -0.1) is 0 Å². The summed E-state index contributed by atoms with van der Waals surface area (Å²) >= 11 is 11.4. The average molecular weight is 485 g/mol. The molecule has 0 bridgehead atoms. The molecular formula is C20H17ClF4N6S. The smallest absolute Gasteiger partial charge is 0.182 e. The van der Waals surface area contributed by atoms with E-state index in [4.69, 9.17) is 23.8 Å². The molecule has 32 heavy (non-hydrogen) atoms. The summed E-state index contributed by atoms with van der Waals surface area (Å²) in [6, 6.07) is 3.64. The molecule has 2 aliphatic rings. The maximum Gasteiger partial charge on any atom is 0.182 e. The van der Waals surface area contributed by atoms with Crippen LogP contribution in [0.5, 0.6) is 0 Å². The molecule has 1 saturated heterocycles. The minimum absolute atomic E-state index is 0.00183. The molecule has 0 amide bonds. The number of fused-ring (bicyclic) bond motifs is 1. The number of anilines is 2. The van der Waals surface area contributed by atoms with Gasteiger partial charge in [0.25, 0.3) is 0 Å². The summed E-state index contributed by atoms with van der Waals surface area (Å²) in [5.74, 6) is -0.877. The first kappa shape index (κ1) is 21.2. The third-order valence-electron chi connectivity index (χ3n) is 5.56. The molecule has 3 aromatic rings. The highest BCUT2D eigenvalue weighted by atomic mass is 35.5. The van der Waals surface area contributed by atoms with Gasteiger partial charge < -0.3 is 15.5 Å². The van der Waals surface area contributed by atoms with Gasteiger partial charge in [0.2, 0.25) is 0 Å². The summed E-state index contributed by atoms with van der Waals surface area (Å²) in [4.78, 5) is 6.12. The number of halogens is 5. The Morgan fingerprint density at radius 1 is 1.19 bits per heavy atom. The number of nitrogens with one attached hydrogen (secondary N) is 2. The fourth-order valence-corrected chi connectivity index (χ4v) is 4.36. The summed E-state index contributed by atoms with van der Waals surface area (Å²) < 4.78 is 57.1. The van der Waals surface area contributed by atoms with Gasteiger partial charge in [-0.05, 0) is 36.5 Å². The summed E-state index contributed by atoms with van der Waals surface area (Å²) in [6.45, 7) is -0.0338. The van der Waals surface area contributed by atoms with Crippen molar-refractivity contribution in [2.75, 3.05) is 16.8 Å². The maximum absolute atomic E-state index is 14.4. The van der Waals surface area contributed by atoms with E-state index in [0.717, 1.165) is 18.2 Å². The lowest BCUT2D eigenvalue weighted by Gasteiger charge is -2.26. The largest absolute Gasteiger partial charge is 0.357 e. The summed E-state index contributed by atoms with van der Waals surface area (Å²) in [7, 11) is 0. The molecule has 2 aromatic heterocycles. The van der Waals surface area contributed by atoms with Gasteiger partial charge in [-0.3, -0.25) is 0 Å². The number of rotatable bonds is 4.